The van der Waals surface area contributed by atoms with E-state index in [0.717, 1.165) is 5.56 Å². The van der Waals surface area contributed by atoms with Crippen LogP contribution in [0, 0.1) is 12.7 Å². The average molecular weight is 362 g/mol. The fourth-order valence-electron chi connectivity index (χ4n) is 2.89. The minimum atomic E-state index is -3.74. The number of hydrogen-bond donors (Lipinski definition) is 1. The minimum absolute atomic E-state index is 0.202. The highest BCUT2D eigenvalue weighted by molar-refractivity contribution is 7.88. The number of nitrogens with one attached hydrogen (secondary N) is 1. The van der Waals surface area contributed by atoms with E-state index in [2.05, 4.69) is 5.32 Å². The van der Waals surface area contributed by atoms with Gasteiger partial charge >= 0.3 is 0 Å². The molecule has 1 fully saturated rings. The van der Waals surface area contributed by atoms with Crippen LogP contribution in [0.4, 0.5) is 4.39 Å². The molecule has 2 aromatic carbocycles. The van der Waals surface area contributed by atoms with Gasteiger partial charge in [-0.3, -0.25) is 4.79 Å². The maximum atomic E-state index is 13.0. The lowest BCUT2D eigenvalue weighted by Gasteiger charge is -2.34. The molecule has 1 unspecified atom stereocenters. The van der Waals surface area contributed by atoms with Crippen molar-refractivity contribution < 1.29 is 17.6 Å². The van der Waals surface area contributed by atoms with Crippen LogP contribution >= 0.6 is 0 Å². The lowest BCUT2D eigenvalue weighted by Crippen LogP contribution is -2.52. The largest absolute Gasteiger partial charge is 0.353 e. The molecule has 0 bridgehead atoms. The van der Waals surface area contributed by atoms with Gasteiger partial charge in [-0.1, -0.05) is 42.0 Å². The van der Waals surface area contributed by atoms with Crippen LogP contribution in [0.15, 0.2) is 48.5 Å². The van der Waals surface area contributed by atoms with Crippen LogP contribution < -0.4 is 5.32 Å². The summed E-state index contributed by atoms with van der Waals surface area (Å²) in [6.07, 6.45) is 0. The maximum absolute atomic E-state index is 13.0. The van der Waals surface area contributed by atoms with E-state index in [9.17, 15) is 17.6 Å². The quantitative estimate of drug-likeness (QED) is 0.906. The molecule has 1 amide bonds. The standard InChI is InChI=1S/C18H19FN2O3S/c1-13-2-6-15(7-3-13)17-18(22)20-10-11-21(17)25(23,24)12-14-4-8-16(19)9-5-14/h2-9,17H,10-12H2,1H3,(H,20,22). The van der Waals surface area contributed by atoms with Crippen LogP contribution in [0.1, 0.15) is 22.7 Å². The van der Waals surface area contributed by atoms with Gasteiger partial charge in [0, 0.05) is 13.1 Å². The van der Waals surface area contributed by atoms with Gasteiger partial charge in [0.15, 0.2) is 0 Å². The van der Waals surface area contributed by atoms with E-state index in [-0.39, 0.29) is 24.7 Å². The van der Waals surface area contributed by atoms with Crippen molar-refractivity contribution in [2.75, 3.05) is 13.1 Å². The van der Waals surface area contributed by atoms with E-state index in [4.69, 9.17) is 0 Å². The van der Waals surface area contributed by atoms with Gasteiger partial charge in [0.25, 0.3) is 0 Å². The van der Waals surface area contributed by atoms with E-state index in [1.807, 2.05) is 19.1 Å². The first-order valence-electron chi connectivity index (χ1n) is 7.95. The van der Waals surface area contributed by atoms with Gasteiger partial charge in [0.05, 0.1) is 5.75 Å². The van der Waals surface area contributed by atoms with Crippen molar-refractivity contribution in [1.29, 1.82) is 0 Å². The van der Waals surface area contributed by atoms with Gasteiger partial charge in [-0.2, -0.15) is 4.31 Å². The van der Waals surface area contributed by atoms with Gasteiger partial charge in [0.2, 0.25) is 15.9 Å². The number of rotatable bonds is 4. The molecule has 0 aromatic heterocycles. The number of halogens is 1. The number of nitrogens with zero attached hydrogens (tertiary/aromatic N) is 1. The number of hydrogen-bond acceptors (Lipinski definition) is 3. The van der Waals surface area contributed by atoms with E-state index in [1.54, 1.807) is 12.1 Å². The van der Waals surface area contributed by atoms with E-state index < -0.39 is 21.9 Å². The fourth-order valence-corrected chi connectivity index (χ4v) is 4.57. The highest BCUT2D eigenvalue weighted by Crippen LogP contribution is 2.28. The molecule has 2 aromatic rings. The summed E-state index contributed by atoms with van der Waals surface area (Å²) >= 11 is 0. The molecule has 0 radical (unpaired) electrons. The Morgan fingerprint density at radius 3 is 2.40 bits per heavy atom. The van der Waals surface area contributed by atoms with Crippen molar-refractivity contribution in [3.8, 4) is 0 Å². The Labute approximate surface area is 146 Å². The van der Waals surface area contributed by atoms with Crippen molar-refractivity contribution in [2.45, 2.75) is 18.7 Å². The lowest BCUT2D eigenvalue weighted by atomic mass is 10.0. The van der Waals surface area contributed by atoms with Gasteiger partial charge in [-0.05, 0) is 30.2 Å². The molecule has 1 heterocycles. The summed E-state index contributed by atoms with van der Waals surface area (Å²) < 4.78 is 40.0. The number of amides is 1. The lowest BCUT2D eigenvalue weighted by molar-refractivity contribution is -0.126. The second-order valence-corrected chi connectivity index (χ2v) is 8.02. The minimum Gasteiger partial charge on any atom is -0.353 e. The van der Waals surface area contributed by atoms with Crippen molar-refractivity contribution >= 4 is 15.9 Å². The van der Waals surface area contributed by atoms with Gasteiger partial charge < -0.3 is 5.32 Å². The maximum Gasteiger partial charge on any atom is 0.243 e. The summed E-state index contributed by atoms with van der Waals surface area (Å²) in [5, 5.41) is 2.72. The molecule has 5 nitrogen and oxygen atoms in total. The molecule has 1 atom stereocenters. The van der Waals surface area contributed by atoms with Crippen LogP contribution in [0.5, 0.6) is 0 Å². The number of piperazine rings is 1. The monoisotopic (exact) mass is 362 g/mol. The molecule has 1 aliphatic heterocycles. The van der Waals surface area contributed by atoms with Crippen molar-refractivity contribution in [1.82, 2.24) is 9.62 Å². The van der Waals surface area contributed by atoms with Gasteiger partial charge in [0.1, 0.15) is 11.9 Å². The molecule has 0 aliphatic carbocycles. The first kappa shape index (κ1) is 17.6. The molecule has 0 saturated carbocycles. The zero-order valence-electron chi connectivity index (χ0n) is 13.8. The molecule has 3 rings (SSSR count). The van der Waals surface area contributed by atoms with E-state index in [1.165, 1.54) is 28.6 Å². The predicted molar refractivity (Wildman–Crippen MR) is 92.7 cm³/mol. The highest BCUT2D eigenvalue weighted by atomic mass is 32.2. The van der Waals surface area contributed by atoms with Crippen molar-refractivity contribution in [2.24, 2.45) is 0 Å². The smallest absolute Gasteiger partial charge is 0.243 e. The number of aryl methyl sites for hydroxylation is 1. The van der Waals surface area contributed by atoms with E-state index in [0.29, 0.717) is 11.1 Å². The first-order valence-corrected chi connectivity index (χ1v) is 9.56. The van der Waals surface area contributed by atoms with Crippen LogP contribution in [0.3, 0.4) is 0 Å². The van der Waals surface area contributed by atoms with Crippen LogP contribution in [0.25, 0.3) is 0 Å². The molecule has 25 heavy (non-hydrogen) atoms. The number of carbonyl (C=O) groups is 1. The summed E-state index contributed by atoms with van der Waals surface area (Å²) in [6.45, 7) is 2.39. The van der Waals surface area contributed by atoms with Gasteiger partial charge in [-0.15, -0.1) is 0 Å². The predicted octanol–water partition coefficient (Wildman–Crippen LogP) is 2.14. The third-order valence-electron chi connectivity index (χ3n) is 4.18. The highest BCUT2D eigenvalue weighted by Gasteiger charge is 2.38. The van der Waals surface area contributed by atoms with Crippen LogP contribution in [0.2, 0.25) is 0 Å². The molecule has 1 saturated heterocycles. The average Bonchev–Trinajstić information content (AvgIpc) is 2.57. The van der Waals surface area contributed by atoms with E-state index >= 15 is 0 Å². The first-order chi connectivity index (χ1) is 11.9. The Balaban J connectivity index is 1.92. The topological polar surface area (TPSA) is 66.5 Å². The van der Waals surface area contributed by atoms with Crippen molar-refractivity contribution in [3.05, 3.63) is 71.0 Å². The fraction of sp³-hybridized carbons (Fsp3) is 0.278. The second kappa shape index (κ2) is 6.93. The summed E-state index contributed by atoms with van der Waals surface area (Å²) in [5.74, 6) is -1.03. The number of benzene rings is 2. The summed E-state index contributed by atoms with van der Waals surface area (Å²) in [6, 6.07) is 11.7. The number of sulfonamides is 1. The molecule has 1 N–H and O–H groups in total. The Morgan fingerprint density at radius 2 is 1.76 bits per heavy atom. The van der Waals surface area contributed by atoms with Gasteiger partial charge in [-0.25, -0.2) is 12.8 Å². The Morgan fingerprint density at radius 1 is 1.12 bits per heavy atom. The SMILES string of the molecule is Cc1ccc(C2C(=O)NCCN2S(=O)(=O)Cc2ccc(F)cc2)cc1. The van der Waals surface area contributed by atoms with Crippen LogP contribution in [-0.2, 0) is 20.6 Å². The Kier molecular flexibility index (Phi) is 4.87. The molecule has 1 aliphatic rings. The molecule has 7 heteroatoms. The number of carbonyl (C=O) groups excluding carboxylic acids is 1. The zero-order chi connectivity index (χ0) is 18.0. The Hall–Kier alpha value is -2.25. The summed E-state index contributed by atoms with van der Waals surface area (Å²) in [7, 11) is -3.74. The normalized spacial score (nSPS) is 18.8. The summed E-state index contributed by atoms with van der Waals surface area (Å²) in [4.78, 5) is 12.4. The third-order valence-corrected chi connectivity index (χ3v) is 5.99. The molecule has 0 spiro atoms. The molecular formula is C18H19FN2O3S. The second-order valence-electron chi connectivity index (χ2n) is 6.10. The van der Waals surface area contributed by atoms with Crippen LogP contribution in [-0.4, -0.2) is 31.7 Å². The molecule has 132 valence electrons. The molecular weight excluding hydrogens is 343 g/mol. The van der Waals surface area contributed by atoms with Crippen molar-refractivity contribution in [3.63, 3.8) is 0 Å². The summed E-state index contributed by atoms with van der Waals surface area (Å²) in [5.41, 5.74) is 2.14. The Bertz CT molecular complexity index is 864. The zero-order valence-corrected chi connectivity index (χ0v) is 14.6. The third kappa shape index (κ3) is 3.88.